The molecule has 0 saturated heterocycles. The molecule has 188 valence electrons. The molecule has 1 amide bonds. The van der Waals surface area contributed by atoms with E-state index in [4.69, 9.17) is 16.0 Å². The van der Waals surface area contributed by atoms with Gasteiger partial charge in [0.25, 0.3) is 5.89 Å². The molecule has 2 N–H and O–H groups in total. The molecule has 12 heteroatoms. The van der Waals surface area contributed by atoms with E-state index < -0.39 is 36.0 Å². The van der Waals surface area contributed by atoms with Gasteiger partial charge in [0.1, 0.15) is 11.6 Å². The maximum Gasteiger partial charge on any atom is 0.314 e. The molecule has 0 aliphatic rings. The Kier molecular flexibility index (Phi) is 9.19. The molecule has 0 bridgehead atoms. The number of amides is 1. The highest BCUT2D eigenvalue weighted by Gasteiger charge is 2.21. The molecule has 2 aromatic carbocycles. The van der Waals surface area contributed by atoms with Crippen molar-refractivity contribution in [3.63, 3.8) is 0 Å². The molecule has 1 atom stereocenters. The number of benzene rings is 2. The molecule has 1 heterocycles. The molecular formula is C23H23ClF4N4O3. The number of carbonyl (C=O) groups is 1. The third-order valence-corrected chi connectivity index (χ3v) is 5.46. The molecule has 1 aromatic heterocycles. The maximum absolute atomic E-state index is 14.9. The minimum Gasteiger partial charge on any atom is -0.415 e. The first-order chi connectivity index (χ1) is 16.7. The van der Waals surface area contributed by atoms with Crippen molar-refractivity contribution in [3.8, 4) is 11.5 Å². The number of aliphatic hydroxyl groups is 1. The van der Waals surface area contributed by atoms with Crippen molar-refractivity contribution in [1.82, 2.24) is 15.5 Å². The molecule has 0 aliphatic carbocycles. The highest BCUT2D eigenvalue weighted by molar-refractivity contribution is 6.31. The number of nitrogens with one attached hydrogen (secondary N) is 1. The first kappa shape index (κ1) is 26.6. The lowest BCUT2D eigenvalue weighted by molar-refractivity contribution is -0.118. The first-order valence-electron chi connectivity index (χ1n) is 10.7. The monoisotopic (exact) mass is 514 g/mol. The number of hydrogen-bond donors (Lipinski definition) is 2. The van der Waals surface area contributed by atoms with Crippen molar-refractivity contribution >= 4 is 23.2 Å². The summed E-state index contributed by atoms with van der Waals surface area (Å²) in [5.74, 6) is -3.02. The summed E-state index contributed by atoms with van der Waals surface area (Å²) in [6.07, 6.45) is -2.42. The molecular weight excluding hydrogens is 492 g/mol. The van der Waals surface area contributed by atoms with E-state index in [1.165, 1.54) is 29.2 Å². The Morgan fingerprint density at radius 2 is 1.94 bits per heavy atom. The minimum atomic E-state index is -2.96. The van der Waals surface area contributed by atoms with Crippen molar-refractivity contribution in [1.29, 1.82) is 0 Å². The molecule has 0 unspecified atom stereocenters. The summed E-state index contributed by atoms with van der Waals surface area (Å²) in [5.41, 5.74) is 0.431. The highest BCUT2D eigenvalue weighted by atomic mass is 35.5. The van der Waals surface area contributed by atoms with Gasteiger partial charge in [-0.05, 0) is 49.7 Å². The Morgan fingerprint density at radius 1 is 1.17 bits per heavy atom. The summed E-state index contributed by atoms with van der Waals surface area (Å²) >= 11 is 5.88. The summed E-state index contributed by atoms with van der Waals surface area (Å²) in [5, 5.41) is 19.1. The number of alkyl halides is 2. The fourth-order valence-corrected chi connectivity index (χ4v) is 3.33. The van der Waals surface area contributed by atoms with E-state index >= 15 is 0 Å². The third-order valence-electron chi connectivity index (χ3n) is 5.17. The van der Waals surface area contributed by atoms with Gasteiger partial charge in [-0.15, -0.1) is 10.2 Å². The van der Waals surface area contributed by atoms with E-state index in [0.29, 0.717) is 19.4 Å². The van der Waals surface area contributed by atoms with Gasteiger partial charge >= 0.3 is 6.43 Å². The molecule has 0 spiro atoms. The van der Waals surface area contributed by atoms with Crippen LogP contribution in [0.25, 0.3) is 11.5 Å². The third kappa shape index (κ3) is 7.00. The quantitative estimate of drug-likeness (QED) is 0.280. The van der Waals surface area contributed by atoms with Crippen LogP contribution in [-0.4, -0.2) is 40.4 Å². The van der Waals surface area contributed by atoms with Gasteiger partial charge in [-0.2, -0.15) is 8.78 Å². The van der Waals surface area contributed by atoms with E-state index in [9.17, 15) is 27.5 Å². The smallest absolute Gasteiger partial charge is 0.314 e. The molecule has 0 saturated carbocycles. The largest absolute Gasteiger partial charge is 0.415 e. The molecule has 3 aromatic rings. The fourth-order valence-electron chi connectivity index (χ4n) is 3.16. The predicted octanol–water partition coefficient (Wildman–Crippen LogP) is 4.89. The van der Waals surface area contributed by atoms with Crippen molar-refractivity contribution in [2.24, 2.45) is 0 Å². The van der Waals surface area contributed by atoms with Crippen LogP contribution in [0.1, 0.15) is 37.6 Å². The number of aromatic nitrogens is 2. The minimum absolute atomic E-state index is 0.0875. The second-order valence-corrected chi connectivity index (χ2v) is 8.07. The van der Waals surface area contributed by atoms with Crippen molar-refractivity contribution in [2.45, 2.75) is 38.8 Å². The van der Waals surface area contributed by atoms with E-state index in [1.807, 2.05) is 6.92 Å². The van der Waals surface area contributed by atoms with Gasteiger partial charge in [0.05, 0.1) is 24.2 Å². The van der Waals surface area contributed by atoms with Gasteiger partial charge in [0.2, 0.25) is 11.8 Å². The van der Waals surface area contributed by atoms with Crippen LogP contribution in [-0.2, 0) is 11.3 Å². The van der Waals surface area contributed by atoms with Gasteiger partial charge in [-0.3, -0.25) is 4.79 Å². The van der Waals surface area contributed by atoms with Gasteiger partial charge in [0.15, 0.2) is 0 Å². The number of hydrogen-bond acceptors (Lipinski definition) is 6. The summed E-state index contributed by atoms with van der Waals surface area (Å²) in [4.78, 5) is 14.2. The second-order valence-electron chi connectivity index (χ2n) is 7.66. The normalized spacial score (nSPS) is 12.2. The summed E-state index contributed by atoms with van der Waals surface area (Å²) in [6.45, 7) is 1.88. The Balaban J connectivity index is 1.80. The predicted molar refractivity (Wildman–Crippen MR) is 121 cm³/mol. The highest BCUT2D eigenvalue weighted by Crippen LogP contribution is 2.28. The van der Waals surface area contributed by atoms with E-state index in [-0.39, 0.29) is 40.8 Å². The number of halogens is 5. The van der Waals surface area contributed by atoms with Crippen LogP contribution in [0.5, 0.6) is 0 Å². The van der Waals surface area contributed by atoms with E-state index in [1.54, 1.807) is 0 Å². The summed E-state index contributed by atoms with van der Waals surface area (Å²) < 4.78 is 58.8. The van der Waals surface area contributed by atoms with Crippen LogP contribution in [0.4, 0.5) is 23.2 Å². The number of anilines is 1. The van der Waals surface area contributed by atoms with Crippen LogP contribution < -0.4 is 10.2 Å². The van der Waals surface area contributed by atoms with E-state index in [2.05, 4.69) is 15.5 Å². The van der Waals surface area contributed by atoms with Crippen LogP contribution >= 0.6 is 11.6 Å². The Morgan fingerprint density at radius 3 is 2.57 bits per heavy atom. The number of aliphatic hydroxyl groups excluding tert-OH is 1. The summed E-state index contributed by atoms with van der Waals surface area (Å²) in [7, 11) is 0. The lowest BCUT2D eigenvalue weighted by atomic mass is 10.1. The van der Waals surface area contributed by atoms with Crippen LogP contribution in [0.3, 0.4) is 0 Å². The molecule has 35 heavy (non-hydrogen) atoms. The van der Waals surface area contributed by atoms with Crippen molar-refractivity contribution in [2.75, 3.05) is 18.0 Å². The fraction of sp³-hybridized carbons (Fsp3) is 0.348. The lowest BCUT2D eigenvalue weighted by Crippen LogP contribution is -2.38. The standard InChI is InChI=1S/C23H23ClF4N4O3/c1-2-16(33)7-8-29-11-20(34)32(15-5-6-18(25)17(24)10-15)12-14-4-3-13(9-19(14)26)22-30-31-23(35-22)21(27)28/h3-6,9-10,16,21,29,33H,2,7-8,11-12H2,1H3/t16-/m1/s1. The summed E-state index contributed by atoms with van der Waals surface area (Å²) in [6, 6.07) is 7.48. The van der Waals surface area contributed by atoms with Crippen molar-refractivity contribution < 1.29 is 31.9 Å². The average molecular weight is 515 g/mol. The zero-order chi connectivity index (χ0) is 25.5. The number of carbonyl (C=O) groups excluding carboxylic acids is 1. The van der Waals surface area contributed by atoms with Crippen LogP contribution in [0.15, 0.2) is 40.8 Å². The first-order valence-corrected chi connectivity index (χ1v) is 11.1. The van der Waals surface area contributed by atoms with Gasteiger partial charge < -0.3 is 19.7 Å². The van der Waals surface area contributed by atoms with E-state index in [0.717, 1.165) is 12.1 Å². The van der Waals surface area contributed by atoms with Gasteiger partial charge in [-0.1, -0.05) is 24.6 Å². The maximum atomic E-state index is 14.9. The molecule has 3 rings (SSSR count). The van der Waals surface area contributed by atoms with Gasteiger partial charge in [0, 0.05) is 16.8 Å². The average Bonchev–Trinajstić information content (AvgIpc) is 3.33. The number of rotatable bonds is 11. The van der Waals surface area contributed by atoms with Crippen molar-refractivity contribution in [3.05, 3.63) is 64.5 Å². The van der Waals surface area contributed by atoms with Crippen LogP contribution in [0.2, 0.25) is 5.02 Å². The Bertz CT molecular complexity index is 1160. The molecule has 0 aliphatic heterocycles. The molecule has 7 nitrogen and oxygen atoms in total. The second kappa shape index (κ2) is 12.1. The zero-order valence-corrected chi connectivity index (χ0v) is 19.4. The SMILES string of the molecule is CC[C@@H](O)CCNCC(=O)N(Cc1ccc(-c2nnc(C(F)F)o2)cc1F)c1ccc(F)c(Cl)c1. The molecule has 0 radical (unpaired) electrons. The van der Waals surface area contributed by atoms with Gasteiger partial charge in [-0.25, -0.2) is 8.78 Å². The topological polar surface area (TPSA) is 91.5 Å². The Labute approximate surface area is 203 Å². The van der Waals surface area contributed by atoms with Crippen LogP contribution in [0, 0.1) is 11.6 Å². The molecule has 0 fully saturated rings. The Hall–Kier alpha value is -3.02. The number of nitrogens with zero attached hydrogens (tertiary/aromatic N) is 3. The lowest BCUT2D eigenvalue weighted by Gasteiger charge is -2.24. The zero-order valence-electron chi connectivity index (χ0n) is 18.6.